The van der Waals surface area contributed by atoms with Crippen LogP contribution >= 0.6 is 27.7 Å². The molecule has 0 aliphatic carbocycles. The summed E-state index contributed by atoms with van der Waals surface area (Å²) < 4.78 is 14.4. The van der Waals surface area contributed by atoms with Crippen LogP contribution in [-0.2, 0) is 5.75 Å². The van der Waals surface area contributed by atoms with E-state index in [-0.39, 0.29) is 5.82 Å². The van der Waals surface area contributed by atoms with Crippen LogP contribution in [0.5, 0.6) is 0 Å². The fraction of sp³-hybridized carbons (Fsp3) is 0.143. The van der Waals surface area contributed by atoms with Crippen LogP contribution in [0.3, 0.4) is 0 Å². The molecule has 2 N–H and O–H groups in total. The molecule has 2 rings (SSSR count). The van der Waals surface area contributed by atoms with Gasteiger partial charge in [-0.15, -0.1) is 11.8 Å². The Hall–Kier alpha value is -1.00. The minimum Gasteiger partial charge on any atom is -0.399 e. The number of halogens is 2. The van der Waals surface area contributed by atoms with E-state index >= 15 is 0 Å². The van der Waals surface area contributed by atoms with Crippen molar-refractivity contribution >= 4 is 33.4 Å². The van der Waals surface area contributed by atoms with Crippen LogP contribution < -0.4 is 5.73 Å². The third-order valence-corrected chi connectivity index (χ3v) is 4.31. The van der Waals surface area contributed by atoms with Gasteiger partial charge >= 0.3 is 0 Å². The number of rotatable bonds is 3. The Bertz CT molecular complexity index is 572. The van der Waals surface area contributed by atoms with E-state index < -0.39 is 0 Å². The largest absolute Gasteiger partial charge is 0.399 e. The number of benzene rings is 2. The molecule has 1 nitrogen and oxygen atoms in total. The average Bonchev–Trinajstić information content (AvgIpc) is 2.32. The van der Waals surface area contributed by atoms with Gasteiger partial charge in [0.15, 0.2) is 0 Å². The molecule has 0 saturated heterocycles. The minimum atomic E-state index is -0.182. The highest BCUT2D eigenvalue weighted by molar-refractivity contribution is 9.10. The van der Waals surface area contributed by atoms with Crippen molar-refractivity contribution in [2.75, 3.05) is 5.73 Å². The summed E-state index contributed by atoms with van der Waals surface area (Å²) in [5.74, 6) is 0.419. The van der Waals surface area contributed by atoms with Crippen molar-refractivity contribution in [1.29, 1.82) is 0 Å². The molecule has 0 bridgehead atoms. The Balaban J connectivity index is 2.13. The molecular formula is C14H13BrFNS. The average molecular weight is 326 g/mol. The summed E-state index contributed by atoms with van der Waals surface area (Å²) >= 11 is 4.85. The number of aryl methyl sites for hydroxylation is 1. The molecule has 0 atom stereocenters. The molecule has 0 radical (unpaired) electrons. The van der Waals surface area contributed by atoms with E-state index in [9.17, 15) is 4.39 Å². The van der Waals surface area contributed by atoms with Crippen LogP contribution in [0.25, 0.3) is 0 Å². The van der Waals surface area contributed by atoms with Gasteiger partial charge in [0.25, 0.3) is 0 Å². The van der Waals surface area contributed by atoms with Crippen molar-refractivity contribution in [3.8, 4) is 0 Å². The van der Waals surface area contributed by atoms with Gasteiger partial charge in [-0.2, -0.15) is 0 Å². The van der Waals surface area contributed by atoms with Crippen LogP contribution in [-0.4, -0.2) is 0 Å². The molecule has 2 aromatic rings. The van der Waals surface area contributed by atoms with Crippen LogP contribution in [0.15, 0.2) is 45.8 Å². The van der Waals surface area contributed by atoms with E-state index in [2.05, 4.69) is 15.9 Å². The number of thioether (sulfide) groups is 1. The summed E-state index contributed by atoms with van der Waals surface area (Å²) in [5.41, 5.74) is 8.35. The van der Waals surface area contributed by atoms with Crippen LogP contribution in [0, 0.1) is 12.7 Å². The SMILES string of the molecule is Cc1ccc(N)cc1SCc1ccc(Br)cc1F. The van der Waals surface area contributed by atoms with Gasteiger partial charge in [0.1, 0.15) is 5.82 Å². The first kappa shape index (κ1) is 13.4. The van der Waals surface area contributed by atoms with Crippen molar-refractivity contribution in [3.63, 3.8) is 0 Å². The highest BCUT2D eigenvalue weighted by atomic mass is 79.9. The van der Waals surface area contributed by atoms with Gasteiger partial charge in [-0.25, -0.2) is 4.39 Å². The smallest absolute Gasteiger partial charge is 0.128 e. The zero-order chi connectivity index (χ0) is 13.1. The molecule has 94 valence electrons. The summed E-state index contributed by atoms with van der Waals surface area (Å²) in [6.07, 6.45) is 0. The second kappa shape index (κ2) is 5.76. The van der Waals surface area contributed by atoms with Crippen molar-refractivity contribution < 1.29 is 4.39 Å². The second-order valence-electron chi connectivity index (χ2n) is 4.05. The number of anilines is 1. The normalized spacial score (nSPS) is 10.6. The van der Waals surface area contributed by atoms with E-state index in [0.29, 0.717) is 11.3 Å². The predicted molar refractivity (Wildman–Crippen MR) is 79.3 cm³/mol. The fourth-order valence-corrected chi connectivity index (χ4v) is 2.96. The zero-order valence-electron chi connectivity index (χ0n) is 9.91. The quantitative estimate of drug-likeness (QED) is 0.649. The predicted octanol–water partition coefficient (Wildman–Crippen LogP) is 4.77. The first-order valence-electron chi connectivity index (χ1n) is 5.49. The fourth-order valence-electron chi connectivity index (χ4n) is 1.57. The Morgan fingerprint density at radius 3 is 2.72 bits per heavy atom. The van der Waals surface area contributed by atoms with Gasteiger partial charge in [-0.3, -0.25) is 0 Å². The summed E-state index contributed by atoms with van der Waals surface area (Å²) in [6, 6.07) is 10.9. The standard InChI is InChI=1S/C14H13BrFNS/c1-9-2-5-12(17)7-14(9)18-8-10-3-4-11(15)6-13(10)16/h2-7H,8,17H2,1H3. The molecule has 0 aromatic heterocycles. The van der Waals surface area contributed by atoms with Gasteiger partial charge < -0.3 is 5.73 Å². The lowest BCUT2D eigenvalue weighted by Crippen LogP contribution is -1.90. The molecule has 4 heteroatoms. The molecule has 0 amide bonds. The maximum atomic E-state index is 13.7. The van der Waals surface area contributed by atoms with Gasteiger partial charge in [0.2, 0.25) is 0 Å². The van der Waals surface area contributed by atoms with E-state index in [1.165, 1.54) is 6.07 Å². The third-order valence-electron chi connectivity index (χ3n) is 2.61. The summed E-state index contributed by atoms with van der Waals surface area (Å²) in [5, 5.41) is 0. The number of nitrogen functional groups attached to an aromatic ring is 1. The van der Waals surface area contributed by atoms with Crippen molar-refractivity contribution in [2.24, 2.45) is 0 Å². The molecular weight excluding hydrogens is 313 g/mol. The lowest BCUT2D eigenvalue weighted by Gasteiger charge is -2.07. The number of hydrogen-bond acceptors (Lipinski definition) is 2. The van der Waals surface area contributed by atoms with Gasteiger partial charge in [0, 0.05) is 20.8 Å². The topological polar surface area (TPSA) is 26.0 Å². The number of nitrogens with two attached hydrogens (primary N) is 1. The molecule has 0 saturated carbocycles. The van der Waals surface area contributed by atoms with Gasteiger partial charge in [-0.05, 0) is 42.3 Å². The van der Waals surface area contributed by atoms with E-state index in [1.54, 1.807) is 17.8 Å². The van der Waals surface area contributed by atoms with Crippen molar-refractivity contribution in [2.45, 2.75) is 17.6 Å². The van der Waals surface area contributed by atoms with Crippen molar-refractivity contribution in [1.82, 2.24) is 0 Å². The highest BCUT2D eigenvalue weighted by Gasteiger charge is 2.05. The maximum Gasteiger partial charge on any atom is 0.128 e. The Kier molecular flexibility index (Phi) is 4.30. The Morgan fingerprint density at radius 1 is 1.22 bits per heavy atom. The van der Waals surface area contributed by atoms with Gasteiger partial charge in [0.05, 0.1) is 0 Å². The monoisotopic (exact) mass is 325 g/mol. The lowest BCUT2D eigenvalue weighted by atomic mass is 10.2. The molecule has 0 unspecified atom stereocenters. The molecule has 18 heavy (non-hydrogen) atoms. The van der Waals surface area contributed by atoms with E-state index in [0.717, 1.165) is 20.6 Å². The van der Waals surface area contributed by atoms with Crippen LogP contribution in [0.1, 0.15) is 11.1 Å². The molecule has 0 heterocycles. The highest BCUT2D eigenvalue weighted by Crippen LogP contribution is 2.29. The summed E-state index contributed by atoms with van der Waals surface area (Å²) in [7, 11) is 0. The third kappa shape index (κ3) is 3.27. The Morgan fingerprint density at radius 2 is 2.00 bits per heavy atom. The van der Waals surface area contributed by atoms with E-state index in [1.807, 2.05) is 31.2 Å². The molecule has 0 spiro atoms. The minimum absolute atomic E-state index is 0.182. The van der Waals surface area contributed by atoms with Crippen LogP contribution in [0.2, 0.25) is 0 Å². The Labute approximate surface area is 119 Å². The summed E-state index contributed by atoms with van der Waals surface area (Å²) in [6.45, 7) is 2.03. The first-order chi connectivity index (χ1) is 8.56. The van der Waals surface area contributed by atoms with E-state index in [4.69, 9.17) is 5.73 Å². The lowest BCUT2D eigenvalue weighted by molar-refractivity contribution is 0.616. The maximum absolute atomic E-state index is 13.7. The summed E-state index contributed by atoms with van der Waals surface area (Å²) in [4.78, 5) is 1.09. The molecule has 0 aliphatic rings. The second-order valence-corrected chi connectivity index (χ2v) is 5.98. The zero-order valence-corrected chi connectivity index (χ0v) is 12.3. The molecule has 0 fully saturated rings. The first-order valence-corrected chi connectivity index (χ1v) is 7.27. The molecule has 2 aromatic carbocycles. The van der Waals surface area contributed by atoms with Crippen molar-refractivity contribution in [3.05, 3.63) is 57.8 Å². The van der Waals surface area contributed by atoms with Gasteiger partial charge in [-0.1, -0.05) is 28.1 Å². The number of hydrogen-bond donors (Lipinski definition) is 1. The molecule has 0 aliphatic heterocycles. The van der Waals surface area contributed by atoms with Crippen LogP contribution in [0.4, 0.5) is 10.1 Å².